The van der Waals surface area contributed by atoms with Crippen molar-refractivity contribution in [3.8, 4) is 0 Å². The van der Waals surface area contributed by atoms with Crippen molar-refractivity contribution >= 4 is 21.9 Å². The zero-order valence-corrected chi connectivity index (χ0v) is 13.7. The first-order valence-electron chi connectivity index (χ1n) is 6.69. The summed E-state index contributed by atoms with van der Waals surface area (Å²) < 4.78 is 0. The standard InChI is InChI=1S/C14H30NPS/c1-10(11(2)7-8-13(4)16)5-6-12(3)14(17)9-15/h10-11,13-14,17H,3,5-9,15-16H2,1-2,4H3/t10?,11?,13?,14-/m1/s1. The molecule has 0 aliphatic heterocycles. The average molecular weight is 275 g/mol. The van der Waals surface area contributed by atoms with Gasteiger partial charge in [0, 0.05) is 11.8 Å². The van der Waals surface area contributed by atoms with E-state index in [1.54, 1.807) is 0 Å². The van der Waals surface area contributed by atoms with Gasteiger partial charge in [-0.2, -0.15) is 12.6 Å². The minimum absolute atomic E-state index is 0.171. The minimum Gasteiger partial charge on any atom is -0.329 e. The zero-order chi connectivity index (χ0) is 13.4. The van der Waals surface area contributed by atoms with Crippen LogP contribution in [-0.2, 0) is 0 Å². The second kappa shape index (κ2) is 9.42. The number of nitrogens with two attached hydrogens (primary N) is 1. The van der Waals surface area contributed by atoms with E-state index in [9.17, 15) is 0 Å². The second-order valence-corrected chi connectivity index (χ2v) is 7.22. The molecule has 0 heterocycles. The van der Waals surface area contributed by atoms with Crippen LogP contribution in [0, 0.1) is 11.8 Å². The van der Waals surface area contributed by atoms with E-state index < -0.39 is 0 Å². The predicted molar refractivity (Wildman–Crippen MR) is 86.9 cm³/mol. The molecular formula is C14H30NPS. The summed E-state index contributed by atoms with van der Waals surface area (Å²) in [7, 11) is 2.88. The third kappa shape index (κ3) is 8.24. The maximum atomic E-state index is 5.58. The van der Waals surface area contributed by atoms with Gasteiger partial charge in [-0.1, -0.05) is 32.9 Å². The van der Waals surface area contributed by atoms with Crippen LogP contribution in [0.1, 0.15) is 46.5 Å². The molecule has 0 saturated carbocycles. The number of thiol groups is 1. The summed E-state index contributed by atoms with van der Waals surface area (Å²) >= 11 is 4.42. The Balaban J connectivity index is 3.84. The van der Waals surface area contributed by atoms with Crippen LogP contribution in [0.5, 0.6) is 0 Å². The van der Waals surface area contributed by atoms with Gasteiger partial charge >= 0.3 is 0 Å². The fraction of sp³-hybridized carbons (Fsp3) is 0.857. The Labute approximate surface area is 116 Å². The number of hydrogen-bond donors (Lipinski definition) is 2. The summed E-state index contributed by atoms with van der Waals surface area (Å²) in [4.78, 5) is 0. The van der Waals surface area contributed by atoms with E-state index >= 15 is 0 Å². The molecule has 0 aromatic rings. The molecule has 0 aromatic carbocycles. The smallest absolute Gasteiger partial charge is 0.0346 e. The summed E-state index contributed by atoms with van der Waals surface area (Å²) in [5, 5.41) is 0.171. The summed E-state index contributed by atoms with van der Waals surface area (Å²) in [5.41, 5.74) is 7.50. The Kier molecular flexibility index (Phi) is 9.68. The molecule has 3 heteroatoms. The van der Waals surface area contributed by atoms with Crippen molar-refractivity contribution in [2.75, 3.05) is 6.54 Å². The van der Waals surface area contributed by atoms with Crippen LogP contribution in [0.15, 0.2) is 12.2 Å². The Morgan fingerprint density at radius 3 is 2.18 bits per heavy atom. The van der Waals surface area contributed by atoms with Gasteiger partial charge in [0.15, 0.2) is 0 Å². The van der Waals surface area contributed by atoms with E-state index in [1.165, 1.54) is 24.8 Å². The van der Waals surface area contributed by atoms with Crippen LogP contribution < -0.4 is 5.73 Å². The maximum Gasteiger partial charge on any atom is 0.0346 e. The highest BCUT2D eigenvalue weighted by molar-refractivity contribution is 7.81. The Bertz CT molecular complexity index is 218. The van der Waals surface area contributed by atoms with Crippen LogP contribution in [-0.4, -0.2) is 17.5 Å². The zero-order valence-electron chi connectivity index (χ0n) is 11.7. The van der Waals surface area contributed by atoms with Crippen LogP contribution >= 0.6 is 21.9 Å². The van der Waals surface area contributed by atoms with Gasteiger partial charge in [0.1, 0.15) is 0 Å². The first-order chi connectivity index (χ1) is 7.88. The Morgan fingerprint density at radius 2 is 1.71 bits per heavy atom. The normalized spacial score (nSPS) is 18.5. The number of hydrogen-bond acceptors (Lipinski definition) is 2. The Morgan fingerprint density at radius 1 is 1.18 bits per heavy atom. The van der Waals surface area contributed by atoms with Gasteiger partial charge in [-0.15, -0.1) is 9.24 Å². The van der Waals surface area contributed by atoms with Crippen LogP contribution in [0.25, 0.3) is 0 Å². The molecule has 0 bridgehead atoms. The molecule has 2 N–H and O–H groups in total. The maximum absolute atomic E-state index is 5.58. The molecule has 0 saturated heterocycles. The van der Waals surface area contributed by atoms with Crippen LogP contribution in [0.3, 0.4) is 0 Å². The fourth-order valence-electron chi connectivity index (χ4n) is 1.84. The van der Waals surface area contributed by atoms with Gasteiger partial charge in [0.2, 0.25) is 0 Å². The summed E-state index contributed by atoms with van der Waals surface area (Å²) in [6.45, 7) is 11.6. The lowest BCUT2D eigenvalue weighted by atomic mass is 9.86. The lowest BCUT2D eigenvalue weighted by molar-refractivity contribution is 0.336. The first kappa shape index (κ1) is 17.5. The van der Waals surface area contributed by atoms with Gasteiger partial charge in [-0.25, -0.2) is 0 Å². The van der Waals surface area contributed by atoms with Gasteiger partial charge < -0.3 is 5.73 Å². The molecule has 0 fully saturated rings. The van der Waals surface area contributed by atoms with Gasteiger partial charge in [-0.3, -0.25) is 0 Å². The molecule has 0 amide bonds. The second-order valence-electron chi connectivity index (χ2n) is 5.46. The predicted octanol–water partition coefficient (Wildman–Crippen LogP) is 3.90. The highest BCUT2D eigenvalue weighted by atomic mass is 32.1. The summed E-state index contributed by atoms with van der Waals surface area (Å²) in [5.74, 6) is 1.55. The third-order valence-corrected chi connectivity index (χ3v) is 4.57. The van der Waals surface area contributed by atoms with Gasteiger partial charge in [-0.05, 0) is 43.2 Å². The molecule has 0 aromatic heterocycles. The molecule has 0 aliphatic rings. The average Bonchev–Trinajstić information content (AvgIpc) is 2.31. The monoisotopic (exact) mass is 275 g/mol. The van der Waals surface area contributed by atoms with E-state index in [2.05, 4.69) is 49.2 Å². The molecule has 17 heavy (non-hydrogen) atoms. The fourth-order valence-corrected chi connectivity index (χ4v) is 2.16. The molecule has 4 unspecified atom stereocenters. The minimum atomic E-state index is 0.171. The van der Waals surface area contributed by atoms with Gasteiger partial charge in [0.05, 0.1) is 0 Å². The molecule has 102 valence electrons. The summed E-state index contributed by atoms with van der Waals surface area (Å²) in [6.07, 6.45) is 4.89. The van der Waals surface area contributed by atoms with Crippen molar-refractivity contribution < 1.29 is 0 Å². The molecule has 0 spiro atoms. The topological polar surface area (TPSA) is 26.0 Å². The van der Waals surface area contributed by atoms with Crippen molar-refractivity contribution in [3.05, 3.63) is 12.2 Å². The van der Waals surface area contributed by atoms with E-state index in [-0.39, 0.29) is 5.25 Å². The molecule has 5 atom stereocenters. The lowest BCUT2D eigenvalue weighted by Crippen LogP contribution is -2.17. The van der Waals surface area contributed by atoms with Gasteiger partial charge in [0.25, 0.3) is 0 Å². The molecule has 1 nitrogen and oxygen atoms in total. The molecule has 0 aliphatic carbocycles. The van der Waals surface area contributed by atoms with Crippen molar-refractivity contribution in [2.45, 2.75) is 57.4 Å². The Hall–Kier alpha value is 0.480. The highest BCUT2D eigenvalue weighted by Gasteiger charge is 2.14. The quantitative estimate of drug-likeness (QED) is 0.372. The molecule has 0 rings (SSSR count). The highest BCUT2D eigenvalue weighted by Crippen LogP contribution is 2.26. The number of rotatable bonds is 9. The van der Waals surface area contributed by atoms with Crippen molar-refractivity contribution in [1.82, 2.24) is 0 Å². The van der Waals surface area contributed by atoms with Crippen molar-refractivity contribution in [2.24, 2.45) is 17.6 Å². The SMILES string of the molecule is C=C(CCC(C)C(C)CCC(C)P)[C@H](S)CN. The molecular weight excluding hydrogens is 245 g/mol. The molecule has 0 radical (unpaired) electrons. The van der Waals surface area contributed by atoms with Crippen molar-refractivity contribution in [3.63, 3.8) is 0 Å². The summed E-state index contributed by atoms with van der Waals surface area (Å²) in [6, 6.07) is 0. The van der Waals surface area contributed by atoms with Crippen LogP contribution in [0.2, 0.25) is 0 Å². The van der Waals surface area contributed by atoms with E-state index in [4.69, 9.17) is 5.73 Å². The third-order valence-electron chi connectivity index (χ3n) is 3.66. The van der Waals surface area contributed by atoms with Crippen LogP contribution in [0.4, 0.5) is 0 Å². The van der Waals surface area contributed by atoms with E-state index in [0.717, 1.165) is 23.9 Å². The first-order valence-corrected chi connectivity index (χ1v) is 7.88. The lowest BCUT2D eigenvalue weighted by Gasteiger charge is -2.22. The largest absolute Gasteiger partial charge is 0.329 e. The van der Waals surface area contributed by atoms with Crippen molar-refractivity contribution in [1.29, 1.82) is 0 Å². The van der Waals surface area contributed by atoms with E-state index in [1.807, 2.05) is 0 Å². The van der Waals surface area contributed by atoms with E-state index in [0.29, 0.717) is 6.54 Å².